The van der Waals surface area contributed by atoms with Crippen LogP contribution in [0.15, 0.2) is 29.2 Å². The Labute approximate surface area is 96.4 Å². The molecule has 0 saturated carbocycles. The zero-order valence-corrected chi connectivity index (χ0v) is 9.72. The SMILES string of the molecule is C=C(Cl)CSc1ncnc2c1cnn2C. The maximum atomic E-state index is 5.70. The molecule has 0 saturated heterocycles. The van der Waals surface area contributed by atoms with Gasteiger partial charge in [-0.3, -0.25) is 4.68 Å². The van der Waals surface area contributed by atoms with Crippen LogP contribution in [0.1, 0.15) is 0 Å². The first-order valence-electron chi connectivity index (χ1n) is 4.27. The first-order valence-corrected chi connectivity index (χ1v) is 5.63. The van der Waals surface area contributed by atoms with Crippen LogP contribution in [0.3, 0.4) is 0 Å². The molecule has 0 unspecified atom stereocenters. The van der Waals surface area contributed by atoms with E-state index in [9.17, 15) is 0 Å². The maximum Gasteiger partial charge on any atom is 0.162 e. The summed E-state index contributed by atoms with van der Waals surface area (Å²) in [7, 11) is 1.85. The number of nitrogens with zero attached hydrogens (tertiary/aromatic N) is 4. The third-order valence-electron chi connectivity index (χ3n) is 1.86. The molecule has 0 aromatic carbocycles. The number of thioether (sulfide) groups is 1. The standard InChI is InChI=1S/C9H9ClN4S/c1-6(10)4-15-9-7-3-13-14(2)8(7)11-5-12-9/h3,5H,1,4H2,2H3. The Bertz CT molecular complexity index is 508. The Balaban J connectivity index is 2.38. The van der Waals surface area contributed by atoms with Crippen molar-refractivity contribution in [3.63, 3.8) is 0 Å². The van der Waals surface area contributed by atoms with Gasteiger partial charge in [0.05, 0.1) is 11.6 Å². The fraction of sp³-hybridized carbons (Fsp3) is 0.222. The Morgan fingerprint density at radius 3 is 3.13 bits per heavy atom. The van der Waals surface area contributed by atoms with Crippen molar-refractivity contribution in [2.24, 2.45) is 7.05 Å². The largest absolute Gasteiger partial charge is 0.250 e. The Morgan fingerprint density at radius 2 is 2.40 bits per heavy atom. The molecule has 2 rings (SSSR count). The Hall–Kier alpha value is -1.07. The van der Waals surface area contributed by atoms with Gasteiger partial charge in [-0.25, -0.2) is 9.97 Å². The van der Waals surface area contributed by atoms with Gasteiger partial charge in [0.25, 0.3) is 0 Å². The van der Waals surface area contributed by atoms with Crippen LogP contribution in [0.25, 0.3) is 11.0 Å². The summed E-state index contributed by atoms with van der Waals surface area (Å²) in [6.45, 7) is 3.64. The van der Waals surface area contributed by atoms with Crippen molar-refractivity contribution in [2.45, 2.75) is 5.03 Å². The first kappa shape index (κ1) is 10.4. The lowest BCUT2D eigenvalue weighted by molar-refractivity contribution is 0.784. The van der Waals surface area contributed by atoms with Gasteiger partial charge in [-0.1, -0.05) is 29.9 Å². The molecule has 0 bridgehead atoms. The van der Waals surface area contributed by atoms with E-state index in [1.165, 1.54) is 18.1 Å². The third kappa shape index (κ3) is 2.13. The van der Waals surface area contributed by atoms with Crippen LogP contribution < -0.4 is 0 Å². The second-order valence-corrected chi connectivity index (χ2v) is 4.49. The van der Waals surface area contributed by atoms with Crippen LogP contribution in [0, 0.1) is 0 Å². The normalized spacial score (nSPS) is 10.8. The van der Waals surface area contributed by atoms with E-state index < -0.39 is 0 Å². The molecule has 2 heterocycles. The van der Waals surface area contributed by atoms with E-state index in [1.807, 2.05) is 7.05 Å². The summed E-state index contributed by atoms with van der Waals surface area (Å²) in [6, 6.07) is 0. The molecule has 2 aromatic rings. The lowest BCUT2D eigenvalue weighted by atomic mass is 10.4. The number of rotatable bonds is 3. The summed E-state index contributed by atoms with van der Waals surface area (Å²) in [6.07, 6.45) is 3.29. The van der Waals surface area contributed by atoms with E-state index in [1.54, 1.807) is 10.9 Å². The number of halogens is 1. The first-order chi connectivity index (χ1) is 7.18. The summed E-state index contributed by atoms with van der Waals surface area (Å²) < 4.78 is 1.72. The fourth-order valence-electron chi connectivity index (χ4n) is 1.20. The van der Waals surface area contributed by atoms with E-state index in [-0.39, 0.29) is 0 Å². The monoisotopic (exact) mass is 240 g/mol. The van der Waals surface area contributed by atoms with Crippen LogP contribution in [0.4, 0.5) is 0 Å². The second-order valence-electron chi connectivity index (χ2n) is 2.99. The molecule has 0 radical (unpaired) electrons. The van der Waals surface area contributed by atoms with Crippen LogP contribution >= 0.6 is 23.4 Å². The lowest BCUT2D eigenvalue weighted by Crippen LogP contribution is -1.93. The molecule has 0 amide bonds. The summed E-state index contributed by atoms with van der Waals surface area (Å²) in [5, 5.41) is 6.57. The van der Waals surface area contributed by atoms with Gasteiger partial charge in [-0.15, -0.1) is 0 Å². The second kappa shape index (κ2) is 4.20. The number of hydrogen-bond acceptors (Lipinski definition) is 4. The minimum atomic E-state index is 0.607. The highest BCUT2D eigenvalue weighted by atomic mass is 35.5. The molecule has 0 aliphatic heterocycles. The average molecular weight is 241 g/mol. The van der Waals surface area contributed by atoms with Gasteiger partial charge in [-0.2, -0.15) is 5.10 Å². The van der Waals surface area contributed by atoms with Gasteiger partial charge >= 0.3 is 0 Å². The zero-order chi connectivity index (χ0) is 10.8. The van der Waals surface area contributed by atoms with Gasteiger partial charge in [-0.05, 0) is 0 Å². The van der Waals surface area contributed by atoms with E-state index >= 15 is 0 Å². The van der Waals surface area contributed by atoms with Crippen LogP contribution in [-0.2, 0) is 7.05 Å². The van der Waals surface area contributed by atoms with Gasteiger partial charge in [0.1, 0.15) is 11.4 Å². The Morgan fingerprint density at radius 1 is 1.60 bits per heavy atom. The van der Waals surface area contributed by atoms with Crippen molar-refractivity contribution < 1.29 is 0 Å². The minimum Gasteiger partial charge on any atom is -0.250 e. The third-order valence-corrected chi connectivity index (χ3v) is 3.24. The molecule has 0 atom stereocenters. The average Bonchev–Trinajstić information content (AvgIpc) is 2.58. The summed E-state index contributed by atoms with van der Waals surface area (Å²) in [5.74, 6) is 0.641. The smallest absolute Gasteiger partial charge is 0.162 e. The number of aromatic nitrogens is 4. The predicted octanol–water partition coefficient (Wildman–Crippen LogP) is 2.21. The number of hydrogen-bond donors (Lipinski definition) is 0. The number of fused-ring (bicyclic) bond motifs is 1. The topological polar surface area (TPSA) is 43.6 Å². The van der Waals surface area contributed by atoms with E-state index in [0.29, 0.717) is 10.8 Å². The molecule has 0 aliphatic rings. The van der Waals surface area contributed by atoms with Gasteiger partial charge in [0.2, 0.25) is 0 Å². The lowest BCUT2D eigenvalue weighted by Gasteiger charge is -2.00. The van der Waals surface area contributed by atoms with Gasteiger partial charge < -0.3 is 0 Å². The van der Waals surface area contributed by atoms with Crippen molar-refractivity contribution in [3.05, 3.63) is 24.1 Å². The summed E-state index contributed by atoms with van der Waals surface area (Å²) in [4.78, 5) is 8.34. The van der Waals surface area contributed by atoms with Crippen LogP contribution in [0.2, 0.25) is 0 Å². The molecule has 0 fully saturated rings. The molecule has 78 valence electrons. The fourth-order valence-corrected chi connectivity index (χ4v) is 2.08. The molecule has 0 N–H and O–H groups in total. The molecule has 15 heavy (non-hydrogen) atoms. The van der Waals surface area contributed by atoms with E-state index in [2.05, 4.69) is 21.6 Å². The maximum absolute atomic E-state index is 5.70. The van der Waals surface area contributed by atoms with Crippen LogP contribution in [-0.4, -0.2) is 25.5 Å². The molecule has 2 aromatic heterocycles. The molecule has 4 nitrogen and oxygen atoms in total. The quantitative estimate of drug-likeness (QED) is 0.610. The molecule has 0 spiro atoms. The summed E-state index contributed by atoms with van der Waals surface area (Å²) >= 11 is 7.24. The summed E-state index contributed by atoms with van der Waals surface area (Å²) in [5.41, 5.74) is 0.827. The molecule has 6 heteroatoms. The van der Waals surface area contributed by atoms with Crippen molar-refractivity contribution >= 4 is 34.4 Å². The van der Waals surface area contributed by atoms with Crippen molar-refractivity contribution in [2.75, 3.05) is 5.75 Å². The predicted molar refractivity (Wildman–Crippen MR) is 62.0 cm³/mol. The molecular formula is C9H9ClN4S. The zero-order valence-electron chi connectivity index (χ0n) is 8.14. The Kier molecular flexibility index (Phi) is 2.93. The van der Waals surface area contributed by atoms with Crippen molar-refractivity contribution in [1.29, 1.82) is 0 Å². The number of aryl methyl sites for hydroxylation is 1. The highest BCUT2D eigenvalue weighted by molar-refractivity contribution is 7.99. The van der Waals surface area contributed by atoms with E-state index in [0.717, 1.165) is 16.1 Å². The van der Waals surface area contributed by atoms with Crippen molar-refractivity contribution in [1.82, 2.24) is 19.7 Å². The minimum absolute atomic E-state index is 0.607. The molecular weight excluding hydrogens is 232 g/mol. The van der Waals surface area contributed by atoms with Gasteiger partial charge in [0, 0.05) is 17.8 Å². The van der Waals surface area contributed by atoms with Crippen molar-refractivity contribution in [3.8, 4) is 0 Å². The molecule has 0 aliphatic carbocycles. The highest BCUT2D eigenvalue weighted by Gasteiger charge is 2.07. The van der Waals surface area contributed by atoms with Gasteiger partial charge in [0.15, 0.2) is 5.65 Å². The highest BCUT2D eigenvalue weighted by Crippen LogP contribution is 2.25. The van der Waals surface area contributed by atoms with E-state index in [4.69, 9.17) is 11.6 Å². The van der Waals surface area contributed by atoms with Crippen LogP contribution in [0.5, 0.6) is 0 Å².